The number of aliphatic imine (C=N–C) groups is 1. The fourth-order valence-electron chi connectivity index (χ4n) is 4.83. The Morgan fingerprint density at radius 1 is 1.00 bits per heavy atom. The standard InChI is InChI=1S/C23H35N5/c1-18(2)26-12-8-20(9-13-26)27-10-5-11-28(15-14-27)23-7-4-6-22(25-23)21-17-24-16-19(21)3/h4,6-7,16,18,20H,5,8-15,17H2,1-3H3. The van der Waals surface area contributed by atoms with E-state index in [1.807, 2.05) is 6.21 Å². The zero-order valence-corrected chi connectivity index (χ0v) is 17.8. The highest BCUT2D eigenvalue weighted by atomic mass is 15.3. The summed E-state index contributed by atoms with van der Waals surface area (Å²) >= 11 is 0. The first-order chi connectivity index (χ1) is 13.6. The summed E-state index contributed by atoms with van der Waals surface area (Å²) in [6.45, 7) is 14.6. The number of piperidine rings is 1. The van der Waals surface area contributed by atoms with Gasteiger partial charge in [0.25, 0.3) is 0 Å². The quantitative estimate of drug-likeness (QED) is 0.801. The van der Waals surface area contributed by atoms with Gasteiger partial charge in [0.15, 0.2) is 0 Å². The van der Waals surface area contributed by atoms with E-state index < -0.39 is 0 Å². The molecule has 0 amide bonds. The van der Waals surface area contributed by atoms with Crippen molar-refractivity contribution >= 4 is 17.6 Å². The highest BCUT2D eigenvalue weighted by Crippen LogP contribution is 2.25. The molecule has 0 aromatic carbocycles. The molecule has 2 saturated heterocycles. The van der Waals surface area contributed by atoms with Gasteiger partial charge in [0.1, 0.15) is 5.82 Å². The minimum absolute atomic E-state index is 0.683. The predicted octanol–water partition coefficient (Wildman–Crippen LogP) is 3.32. The van der Waals surface area contributed by atoms with Crippen LogP contribution < -0.4 is 4.90 Å². The molecule has 1 aromatic rings. The summed E-state index contributed by atoms with van der Waals surface area (Å²) in [6.07, 6.45) is 5.83. The molecule has 0 radical (unpaired) electrons. The highest BCUT2D eigenvalue weighted by Gasteiger charge is 2.27. The lowest BCUT2D eigenvalue weighted by molar-refractivity contribution is 0.0965. The van der Waals surface area contributed by atoms with Crippen molar-refractivity contribution in [1.29, 1.82) is 0 Å². The Hall–Kier alpha value is -1.72. The Labute approximate surface area is 170 Å². The number of rotatable bonds is 4. The third-order valence-electron chi connectivity index (χ3n) is 6.65. The van der Waals surface area contributed by atoms with Crippen molar-refractivity contribution in [2.45, 2.75) is 52.1 Å². The zero-order valence-electron chi connectivity index (χ0n) is 17.8. The fraction of sp³-hybridized carbons (Fsp3) is 0.652. The van der Waals surface area contributed by atoms with Crippen LogP contribution in [0, 0.1) is 0 Å². The van der Waals surface area contributed by atoms with Crippen LogP contribution in [0.15, 0.2) is 28.8 Å². The van der Waals surface area contributed by atoms with Crippen molar-refractivity contribution in [3.05, 3.63) is 29.5 Å². The number of likely N-dealkylation sites (tertiary alicyclic amines) is 1. The Bertz CT molecular complexity index is 730. The second kappa shape index (κ2) is 8.75. The molecule has 3 aliphatic heterocycles. The number of hydrogen-bond acceptors (Lipinski definition) is 5. The molecule has 28 heavy (non-hydrogen) atoms. The molecule has 5 heteroatoms. The summed E-state index contributed by atoms with van der Waals surface area (Å²) < 4.78 is 0. The van der Waals surface area contributed by atoms with Crippen molar-refractivity contribution in [3.8, 4) is 0 Å². The molecule has 5 nitrogen and oxygen atoms in total. The van der Waals surface area contributed by atoms with Crippen molar-refractivity contribution < 1.29 is 0 Å². The smallest absolute Gasteiger partial charge is 0.129 e. The lowest BCUT2D eigenvalue weighted by atomic mass is 10.0. The first-order valence-corrected chi connectivity index (χ1v) is 11.0. The van der Waals surface area contributed by atoms with Gasteiger partial charge in [-0.3, -0.25) is 9.89 Å². The number of hydrogen-bond donors (Lipinski definition) is 0. The molecule has 0 atom stereocenters. The topological polar surface area (TPSA) is 35.0 Å². The molecule has 3 aliphatic rings. The lowest BCUT2D eigenvalue weighted by Gasteiger charge is -2.39. The van der Waals surface area contributed by atoms with Gasteiger partial charge in [0.2, 0.25) is 0 Å². The molecule has 0 spiro atoms. The second-order valence-corrected chi connectivity index (χ2v) is 8.75. The van der Waals surface area contributed by atoms with E-state index in [1.165, 1.54) is 50.0 Å². The van der Waals surface area contributed by atoms with Crippen molar-refractivity contribution in [2.24, 2.45) is 4.99 Å². The van der Waals surface area contributed by atoms with Crippen LogP contribution in [0.5, 0.6) is 0 Å². The average Bonchev–Trinajstić information content (AvgIpc) is 2.99. The summed E-state index contributed by atoms with van der Waals surface area (Å²) in [5.41, 5.74) is 3.62. The normalized spacial score (nSPS) is 23.1. The lowest BCUT2D eigenvalue weighted by Crippen LogP contribution is -2.47. The van der Waals surface area contributed by atoms with Gasteiger partial charge in [-0.1, -0.05) is 6.07 Å². The fourth-order valence-corrected chi connectivity index (χ4v) is 4.83. The van der Waals surface area contributed by atoms with Gasteiger partial charge >= 0.3 is 0 Å². The SMILES string of the molecule is CC1=C(c2cccc(N3CCCN(C4CCN(C(C)C)CC4)CC3)n2)CN=C1. The van der Waals surface area contributed by atoms with Gasteiger partial charge < -0.3 is 9.80 Å². The minimum atomic E-state index is 0.683. The summed E-state index contributed by atoms with van der Waals surface area (Å²) in [5.74, 6) is 1.13. The third-order valence-corrected chi connectivity index (χ3v) is 6.65. The average molecular weight is 382 g/mol. The maximum Gasteiger partial charge on any atom is 0.129 e. The second-order valence-electron chi connectivity index (χ2n) is 8.75. The van der Waals surface area contributed by atoms with Crippen LogP contribution in [-0.4, -0.2) is 78.9 Å². The van der Waals surface area contributed by atoms with Crippen LogP contribution >= 0.6 is 0 Å². The molecule has 4 rings (SSSR count). The van der Waals surface area contributed by atoms with E-state index in [0.717, 1.165) is 43.7 Å². The zero-order chi connectivity index (χ0) is 19.5. The Morgan fingerprint density at radius 3 is 2.54 bits per heavy atom. The Kier molecular flexibility index (Phi) is 6.12. The summed E-state index contributed by atoms with van der Waals surface area (Å²) in [6, 6.07) is 7.90. The van der Waals surface area contributed by atoms with Gasteiger partial charge in [-0.15, -0.1) is 0 Å². The molecule has 0 N–H and O–H groups in total. The predicted molar refractivity (Wildman–Crippen MR) is 118 cm³/mol. The molecule has 2 fully saturated rings. The summed E-state index contributed by atoms with van der Waals surface area (Å²) in [7, 11) is 0. The molecule has 1 aromatic heterocycles. The van der Waals surface area contributed by atoms with Gasteiger partial charge in [-0.05, 0) is 70.8 Å². The molecule has 0 unspecified atom stereocenters. The monoisotopic (exact) mass is 381 g/mol. The summed E-state index contributed by atoms with van der Waals surface area (Å²) in [5, 5.41) is 0. The van der Waals surface area contributed by atoms with Gasteiger partial charge in [0.05, 0.1) is 12.2 Å². The molecule has 152 valence electrons. The molecule has 4 heterocycles. The van der Waals surface area contributed by atoms with E-state index in [1.54, 1.807) is 0 Å². The van der Waals surface area contributed by atoms with E-state index in [-0.39, 0.29) is 0 Å². The van der Waals surface area contributed by atoms with Gasteiger partial charge in [0, 0.05) is 50.1 Å². The molecular formula is C23H35N5. The summed E-state index contributed by atoms with van der Waals surface area (Å²) in [4.78, 5) is 17.3. The van der Waals surface area contributed by atoms with Crippen LogP contribution in [0.25, 0.3) is 5.57 Å². The molecule has 0 bridgehead atoms. The van der Waals surface area contributed by atoms with Crippen molar-refractivity contribution in [3.63, 3.8) is 0 Å². The number of pyridine rings is 1. The van der Waals surface area contributed by atoms with Crippen LogP contribution in [-0.2, 0) is 0 Å². The van der Waals surface area contributed by atoms with E-state index in [9.17, 15) is 0 Å². The van der Waals surface area contributed by atoms with Crippen LogP contribution in [0.4, 0.5) is 5.82 Å². The van der Waals surface area contributed by atoms with Crippen molar-refractivity contribution in [2.75, 3.05) is 50.7 Å². The number of anilines is 1. The minimum Gasteiger partial charge on any atom is -0.355 e. The largest absolute Gasteiger partial charge is 0.355 e. The van der Waals surface area contributed by atoms with Crippen LogP contribution in [0.1, 0.15) is 45.7 Å². The first-order valence-electron chi connectivity index (χ1n) is 11.0. The van der Waals surface area contributed by atoms with Crippen LogP contribution in [0.3, 0.4) is 0 Å². The number of allylic oxidation sites excluding steroid dienone is 1. The highest BCUT2D eigenvalue weighted by molar-refractivity contribution is 5.94. The van der Waals surface area contributed by atoms with Gasteiger partial charge in [-0.25, -0.2) is 4.98 Å². The van der Waals surface area contributed by atoms with E-state index in [2.05, 4.69) is 58.7 Å². The maximum atomic E-state index is 5.00. The Balaban J connectivity index is 1.38. The number of aromatic nitrogens is 1. The van der Waals surface area contributed by atoms with Crippen molar-refractivity contribution in [1.82, 2.24) is 14.8 Å². The van der Waals surface area contributed by atoms with E-state index >= 15 is 0 Å². The van der Waals surface area contributed by atoms with E-state index in [0.29, 0.717) is 6.04 Å². The maximum absolute atomic E-state index is 5.00. The van der Waals surface area contributed by atoms with Crippen LogP contribution in [0.2, 0.25) is 0 Å². The van der Waals surface area contributed by atoms with Gasteiger partial charge in [-0.2, -0.15) is 0 Å². The third kappa shape index (κ3) is 4.31. The first kappa shape index (κ1) is 19.6. The van der Waals surface area contributed by atoms with E-state index in [4.69, 9.17) is 4.98 Å². The Morgan fingerprint density at radius 2 is 1.82 bits per heavy atom. The molecular weight excluding hydrogens is 346 g/mol. The molecule has 0 aliphatic carbocycles. The number of nitrogens with zero attached hydrogens (tertiary/aromatic N) is 5. The molecule has 0 saturated carbocycles.